The largest absolute Gasteiger partial charge is 0.391 e. The third-order valence-electron chi connectivity index (χ3n) is 4.39. The molecule has 6 nitrogen and oxygen atoms in total. The number of nitrogens with zero attached hydrogens (tertiary/aromatic N) is 1. The van der Waals surface area contributed by atoms with Crippen LogP contribution in [0.3, 0.4) is 0 Å². The summed E-state index contributed by atoms with van der Waals surface area (Å²) in [6.07, 6.45) is -0.0381. The van der Waals surface area contributed by atoms with Gasteiger partial charge < -0.3 is 10.4 Å². The number of aliphatic hydroxyl groups is 1. The van der Waals surface area contributed by atoms with E-state index < -0.39 is 28.1 Å². The van der Waals surface area contributed by atoms with Crippen LogP contribution in [0.4, 0.5) is 0 Å². The summed E-state index contributed by atoms with van der Waals surface area (Å²) < 4.78 is 27.6. The van der Waals surface area contributed by atoms with Crippen LogP contribution in [-0.4, -0.2) is 49.5 Å². The van der Waals surface area contributed by atoms with Crippen LogP contribution in [0, 0.1) is 0 Å². The first-order valence-corrected chi connectivity index (χ1v) is 10.8. The van der Waals surface area contributed by atoms with Gasteiger partial charge in [0.2, 0.25) is 15.9 Å². The topological polar surface area (TPSA) is 86.7 Å². The maximum Gasteiger partial charge on any atom is 0.243 e. The van der Waals surface area contributed by atoms with Gasteiger partial charge in [0, 0.05) is 18.6 Å². The van der Waals surface area contributed by atoms with Crippen molar-refractivity contribution in [2.24, 2.45) is 0 Å². The van der Waals surface area contributed by atoms with E-state index in [1.165, 1.54) is 38.2 Å². The summed E-state index contributed by atoms with van der Waals surface area (Å²) in [5.41, 5.74) is 1.07. The number of benzene rings is 2. The molecule has 0 aliphatic heterocycles. The molecule has 2 N–H and O–H groups in total. The van der Waals surface area contributed by atoms with Crippen LogP contribution in [0.15, 0.2) is 59.5 Å². The average molecular weight is 425 g/mol. The Morgan fingerprint density at radius 2 is 1.75 bits per heavy atom. The number of aliphatic hydroxyl groups excluding tert-OH is 1. The van der Waals surface area contributed by atoms with Gasteiger partial charge in [-0.15, -0.1) is 0 Å². The van der Waals surface area contributed by atoms with Gasteiger partial charge in [-0.05, 0) is 49.6 Å². The van der Waals surface area contributed by atoms with Crippen molar-refractivity contribution < 1.29 is 18.3 Å². The van der Waals surface area contributed by atoms with Gasteiger partial charge in [0.1, 0.15) is 6.04 Å². The number of aryl methyl sites for hydroxylation is 1. The zero-order valence-electron chi connectivity index (χ0n) is 15.9. The van der Waals surface area contributed by atoms with E-state index in [4.69, 9.17) is 11.6 Å². The van der Waals surface area contributed by atoms with Crippen molar-refractivity contribution in [1.82, 2.24) is 9.62 Å². The van der Waals surface area contributed by atoms with Crippen LogP contribution >= 0.6 is 11.6 Å². The number of carbonyl (C=O) groups is 1. The van der Waals surface area contributed by atoms with Gasteiger partial charge in [-0.3, -0.25) is 4.79 Å². The molecule has 0 bridgehead atoms. The first-order valence-electron chi connectivity index (χ1n) is 8.98. The summed E-state index contributed by atoms with van der Waals surface area (Å²) in [4.78, 5) is 12.4. The molecule has 0 saturated carbocycles. The number of sulfonamides is 1. The molecule has 1 unspecified atom stereocenters. The molecule has 2 aromatic rings. The standard InChI is InChI=1S/C20H25ClN2O4S/c1-15(24)19(20(25)22-2)23(14-6-9-16-7-4-3-5-8-16)28(26,27)18-12-10-17(21)11-13-18/h3-5,7-8,10-13,15,19,24H,6,9,14H2,1-2H3,(H,22,25)/t15?,19-/m1/s1. The summed E-state index contributed by atoms with van der Waals surface area (Å²) in [5.74, 6) is -0.563. The molecular weight excluding hydrogens is 400 g/mol. The van der Waals surface area contributed by atoms with Gasteiger partial charge in [-0.1, -0.05) is 41.9 Å². The molecule has 28 heavy (non-hydrogen) atoms. The lowest BCUT2D eigenvalue weighted by Gasteiger charge is -2.31. The lowest BCUT2D eigenvalue weighted by atomic mass is 10.1. The third kappa shape index (κ3) is 5.54. The van der Waals surface area contributed by atoms with Crippen LogP contribution in [-0.2, 0) is 21.2 Å². The first kappa shape index (κ1) is 22.4. The molecule has 0 radical (unpaired) electrons. The van der Waals surface area contributed by atoms with E-state index in [1.807, 2.05) is 30.3 Å². The van der Waals surface area contributed by atoms with Gasteiger partial charge in [-0.25, -0.2) is 8.42 Å². The Labute approximate surface area is 171 Å². The van der Waals surface area contributed by atoms with Gasteiger partial charge in [0.15, 0.2) is 0 Å². The van der Waals surface area contributed by atoms with Crippen molar-refractivity contribution in [3.63, 3.8) is 0 Å². The smallest absolute Gasteiger partial charge is 0.243 e. The molecule has 1 amide bonds. The zero-order chi connectivity index (χ0) is 20.7. The Kier molecular flexibility index (Phi) is 8.00. The molecule has 0 aliphatic carbocycles. The highest BCUT2D eigenvalue weighted by atomic mass is 35.5. The van der Waals surface area contributed by atoms with Crippen LogP contribution < -0.4 is 5.32 Å². The van der Waals surface area contributed by atoms with Crippen LogP contribution in [0.25, 0.3) is 0 Å². The lowest BCUT2D eigenvalue weighted by molar-refractivity contribution is -0.127. The number of carbonyl (C=O) groups excluding carboxylic acids is 1. The highest BCUT2D eigenvalue weighted by Gasteiger charge is 2.38. The molecule has 0 aliphatic rings. The Morgan fingerprint density at radius 1 is 1.14 bits per heavy atom. The Bertz CT molecular complexity index is 871. The number of hydrogen-bond acceptors (Lipinski definition) is 4. The summed E-state index contributed by atoms with van der Waals surface area (Å²) in [5, 5.41) is 13.0. The minimum Gasteiger partial charge on any atom is -0.391 e. The number of halogens is 1. The molecule has 0 aromatic heterocycles. The minimum absolute atomic E-state index is 0.0196. The predicted octanol–water partition coefficient (Wildman–Crippen LogP) is 2.46. The second-order valence-electron chi connectivity index (χ2n) is 6.46. The first-order chi connectivity index (χ1) is 13.3. The van der Waals surface area contributed by atoms with Gasteiger partial charge in [0.25, 0.3) is 0 Å². The SMILES string of the molecule is CNC(=O)[C@@H](C(C)O)N(CCCc1ccccc1)S(=O)(=O)c1ccc(Cl)cc1. The average Bonchev–Trinajstić information content (AvgIpc) is 2.67. The predicted molar refractivity (Wildman–Crippen MR) is 110 cm³/mol. The number of nitrogens with one attached hydrogen (secondary N) is 1. The van der Waals surface area contributed by atoms with Gasteiger partial charge >= 0.3 is 0 Å². The molecule has 8 heteroatoms. The van der Waals surface area contributed by atoms with Crippen molar-refractivity contribution in [2.75, 3.05) is 13.6 Å². The van der Waals surface area contributed by atoms with E-state index in [-0.39, 0.29) is 11.4 Å². The van der Waals surface area contributed by atoms with Crippen molar-refractivity contribution in [3.05, 3.63) is 65.2 Å². The maximum atomic E-state index is 13.2. The monoisotopic (exact) mass is 424 g/mol. The molecule has 2 atom stereocenters. The summed E-state index contributed by atoms with van der Waals surface area (Å²) >= 11 is 5.87. The van der Waals surface area contributed by atoms with Crippen molar-refractivity contribution >= 4 is 27.5 Å². The molecule has 0 spiro atoms. The van der Waals surface area contributed by atoms with Crippen molar-refractivity contribution in [2.45, 2.75) is 36.8 Å². The lowest BCUT2D eigenvalue weighted by Crippen LogP contribution is -2.54. The highest BCUT2D eigenvalue weighted by molar-refractivity contribution is 7.89. The van der Waals surface area contributed by atoms with Crippen molar-refractivity contribution in [1.29, 1.82) is 0 Å². The van der Waals surface area contributed by atoms with Crippen molar-refractivity contribution in [3.8, 4) is 0 Å². The maximum absolute atomic E-state index is 13.2. The Balaban J connectivity index is 2.33. The van der Waals surface area contributed by atoms with Crippen LogP contribution in [0.2, 0.25) is 5.02 Å². The minimum atomic E-state index is -4.02. The zero-order valence-corrected chi connectivity index (χ0v) is 17.4. The van der Waals surface area contributed by atoms with E-state index in [1.54, 1.807) is 0 Å². The second-order valence-corrected chi connectivity index (χ2v) is 8.79. The molecule has 152 valence electrons. The van der Waals surface area contributed by atoms with Crippen LogP contribution in [0.1, 0.15) is 18.9 Å². The Morgan fingerprint density at radius 3 is 2.29 bits per heavy atom. The quantitative estimate of drug-likeness (QED) is 0.647. The Hall–Kier alpha value is -1.93. The fourth-order valence-electron chi connectivity index (χ4n) is 2.97. The molecule has 0 heterocycles. The number of rotatable bonds is 9. The number of amides is 1. The highest BCUT2D eigenvalue weighted by Crippen LogP contribution is 2.23. The van der Waals surface area contributed by atoms with E-state index in [2.05, 4.69) is 5.32 Å². The fourth-order valence-corrected chi connectivity index (χ4v) is 4.79. The molecule has 0 fully saturated rings. The van der Waals surface area contributed by atoms with E-state index in [0.29, 0.717) is 17.9 Å². The molecule has 2 rings (SSSR count). The van der Waals surface area contributed by atoms with E-state index in [0.717, 1.165) is 9.87 Å². The number of hydrogen-bond donors (Lipinski definition) is 2. The van der Waals surface area contributed by atoms with E-state index >= 15 is 0 Å². The molecule has 0 saturated heterocycles. The molecular formula is C20H25ClN2O4S. The normalized spacial score (nSPS) is 13.9. The summed E-state index contributed by atoms with van der Waals surface area (Å²) in [6.45, 7) is 1.49. The van der Waals surface area contributed by atoms with Gasteiger partial charge in [-0.2, -0.15) is 4.31 Å². The fraction of sp³-hybridized carbons (Fsp3) is 0.350. The van der Waals surface area contributed by atoms with Crippen LogP contribution in [0.5, 0.6) is 0 Å². The summed E-state index contributed by atoms with van der Waals surface area (Å²) in [6, 6.07) is 14.2. The number of likely N-dealkylation sites (N-methyl/N-ethyl adjacent to an activating group) is 1. The summed E-state index contributed by atoms with van der Waals surface area (Å²) in [7, 11) is -2.61. The van der Waals surface area contributed by atoms with Gasteiger partial charge in [0.05, 0.1) is 11.0 Å². The third-order valence-corrected chi connectivity index (χ3v) is 6.54. The molecule has 2 aromatic carbocycles. The van der Waals surface area contributed by atoms with E-state index in [9.17, 15) is 18.3 Å². The second kappa shape index (κ2) is 10.0.